The molecule has 2 heterocycles. The molecule has 5 heteroatoms. The maximum Gasteiger partial charge on any atom is 0.237 e. The molecule has 2 aliphatic heterocycles. The standard InChI is InChI=1S/C18H33N3O2/c1-13-10-20(11-14(2)23-13)12-16-6-8-21(9-7-16)15(3)18(22)19-17-4-5-17/h13-17H,4-12H2,1-3H3,(H,19,22)/t13-,14+,15-/m1/s1. The van der Waals surface area contributed by atoms with Crippen LogP contribution in [0.4, 0.5) is 0 Å². The molecular weight excluding hydrogens is 290 g/mol. The number of likely N-dealkylation sites (tertiary alicyclic amines) is 1. The van der Waals surface area contributed by atoms with Gasteiger partial charge in [0, 0.05) is 25.7 Å². The molecule has 1 N–H and O–H groups in total. The highest BCUT2D eigenvalue weighted by atomic mass is 16.5. The van der Waals surface area contributed by atoms with Gasteiger partial charge in [-0.2, -0.15) is 0 Å². The molecule has 0 aromatic carbocycles. The number of nitrogens with zero attached hydrogens (tertiary/aromatic N) is 2. The Labute approximate surface area is 140 Å². The first-order chi connectivity index (χ1) is 11.0. The van der Waals surface area contributed by atoms with Crippen LogP contribution in [0, 0.1) is 5.92 Å². The first kappa shape index (κ1) is 17.2. The highest BCUT2D eigenvalue weighted by Gasteiger charge is 2.31. The zero-order valence-electron chi connectivity index (χ0n) is 15.0. The van der Waals surface area contributed by atoms with Crippen molar-refractivity contribution in [3.8, 4) is 0 Å². The Morgan fingerprint density at radius 2 is 1.74 bits per heavy atom. The topological polar surface area (TPSA) is 44.8 Å². The molecule has 0 unspecified atom stereocenters. The Bertz CT molecular complexity index is 395. The van der Waals surface area contributed by atoms with E-state index in [2.05, 4.69) is 35.9 Å². The number of rotatable bonds is 5. The van der Waals surface area contributed by atoms with Crippen molar-refractivity contribution in [2.24, 2.45) is 5.92 Å². The van der Waals surface area contributed by atoms with Crippen LogP contribution in [0.2, 0.25) is 0 Å². The van der Waals surface area contributed by atoms with Crippen molar-refractivity contribution in [3.63, 3.8) is 0 Å². The minimum atomic E-state index is 0.0278. The Kier molecular flexibility index (Phi) is 5.60. The SMILES string of the molecule is C[C@@H]1CN(CC2CCN([C@H](C)C(=O)NC3CC3)CC2)C[C@H](C)O1. The lowest BCUT2D eigenvalue weighted by Crippen LogP contribution is -2.51. The minimum absolute atomic E-state index is 0.0278. The zero-order valence-corrected chi connectivity index (χ0v) is 15.0. The highest BCUT2D eigenvalue weighted by molar-refractivity contribution is 5.81. The molecule has 1 amide bonds. The quantitative estimate of drug-likeness (QED) is 0.832. The van der Waals surface area contributed by atoms with Gasteiger partial charge in [-0.05, 0) is 65.5 Å². The largest absolute Gasteiger partial charge is 0.373 e. The minimum Gasteiger partial charge on any atom is -0.373 e. The van der Waals surface area contributed by atoms with Crippen LogP contribution in [0.5, 0.6) is 0 Å². The second-order valence-electron chi connectivity index (χ2n) is 7.91. The summed E-state index contributed by atoms with van der Waals surface area (Å²) in [4.78, 5) is 17.1. The van der Waals surface area contributed by atoms with E-state index < -0.39 is 0 Å². The van der Waals surface area contributed by atoms with E-state index >= 15 is 0 Å². The Balaban J connectivity index is 1.40. The molecule has 3 fully saturated rings. The lowest BCUT2D eigenvalue weighted by atomic mass is 9.94. The molecule has 2 saturated heterocycles. The number of carbonyl (C=O) groups is 1. The Hall–Kier alpha value is -0.650. The van der Waals surface area contributed by atoms with Crippen LogP contribution in [0.3, 0.4) is 0 Å². The van der Waals surface area contributed by atoms with E-state index in [9.17, 15) is 4.79 Å². The predicted molar refractivity (Wildman–Crippen MR) is 91.4 cm³/mol. The predicted octanol–water partition coefficient (Wildman–Crippen LogP) is 1.47. The molecule has 0 spiro atoms. The summed E-state index contributed by atoms with van der Waals surface area (Å²) in [5.41, 5.74) is 0. The summed E-state index contributed by atoms with van der Waals surface area (Å²) in [5, 5.41) is 3.13. The summed E-state index contributed by atoms with van der Waals surface area (Å²) < 4.78 is 5.82. The normalized spacial score (nSPS) is 32.7. The molecule has 1 aliphatic carbocycles. The van der Waals surface area contributed by atoms with Crippen molar-refractivity contribution in [1.82, 2.24) is 15.1 Å². The van der Waals surface area contributed by atoms with Gasteiger partial charge in [0.1, 0.15) is 0 Å². The van der Waals surface area contributed by atoms with Gasteiger partial charge in [-0.1, -0.05) is 0 Å². The number of nitrogens with one attached hydrogen (secondary N) is 1. The maximum atomic E-state index is 12.2. The molecular formula is C18H33N3O2. The molecule has 0 aromatic rings. The third-order valence-electron chi connectivity index (χ3n) is 5.51. The number of morpholine rings is 1. The number of piperidine rings is 1. The van der Waals surface area contributed by atoms with Crippen LogP contribution in [0.15, 0.2) is 0 Å². The molecule has 3 rings (SSSR count). The summed E-state index contributed by atoms with van der Waals surface area (Å²) in [6.45, 7) is 11.8. The Morgan fingerprint density at radius 1 is 1.13 bits per heavy atom. The van der Waals surface area contributed by atoms with Crippen molar-refractivity contribution in [1.29, 1.82) is 0 Å². The van der Waals surface area contributed by atoms with Crippen molar-refractivity contribution < 1.29 is 9.53 Å². The molecule has 1 saturated carbocycles. The molecule has 3 atom stereocenters. The fourth-order valence-electron chi connectivity index (χ4n) is 4.04. The van der Waals surface area contributed by atoms with Crippen LogP contribution in [-0.4, -0.2) is 72.7 Å². The fourth-order valence-corrected chi connectivity index (χ4v) is 4.04. The van der Waals surface area contributed by atoms with Crippen molar-refractivity contribution in [2.75, 3.05) is 32.7 Å². The number of carbonyl (C=O) groups excluding carboxylic acids is 1. The van der Waals surface area contributed by atoms with Gasteiger partial charge in [0.25, 0.3) is 0 Å². The lowest BCUT2D eigenvalue weighted by molar-refractivity contribution is -0.126. The number of hydrogen-bond acceptors (Lipinski definition) is 4. The van der Waals surface area contributed by atoms with Gasteiger partial charge >= 0.3 is 0 Å². The van der Waals surface area contributed by atoms with Crippen LogP contribution in [0.25, 0.3) is 0 Å². The second kappa shape index (κ2) is 7.49. The first-order valence-corrected chi connectivity index (χ1v) is 9.43. The molecule has 0 bridgehead atoms. The number of amides is 1. The summed E-state index contributed by atoms with van der Waals surface area (Å²) in [6, 6.07) is 0.493. The van der Waals surface area contributed by atoms with Crippen LogP contribution in [-0.2, 0) is 9.53 Å². The number of hydrogen-bond donors (Lipinski definition) is 1. The van der Waals surface area contributed by atoms with Gasteiger partial charge in [-0.25, -0.2) is 0 Å². The molecule has 132 valence electrons. The van der Waals surface area contributed by atoms with Crippen molar-refractivity contribution in [2.45, 2.75) is 70.7 Å². The van der Waals surface area contributed by atoms with E-state index in [0.29, 0.717) is 18.2 Å². The summed E-state index contributed by atoms with van der Waals surface area (Å²) >= 11 is 0. The van der Waals surface area contributed by atoms with E-state index in [1.165, 1.54) is 19.4 Å². The summed E-state index contributed by atoms with van der Waals surface area (Å²) in [5.74, 6) is 0.990. The fraction of sp³-hybridized carbons (Fsp3) is 0.944. The second-order valence-corrected chi connectivity index (χ2v) is 7.91. The van der Waals surface area contributed by atoms with Crippen molar-refractivity contribution >= 4 is 5.91 Å². The highest BCUT2D eigenvalue weighted by Crippen LogP contribution is 2.23. The van der Waals surface area contributed by atoms with Crippen LogP contribution in [0.1, 0.15) is 46.5 Å². The van der Waals surface area contributed by atoms with Crippen molar-refractivity contribution in [3.05, 3.63) is 0 Å². The van der Waals surface area contributed by atoms with Gasteiger partial charge in [-0.15, -0.1) is 0 Å². The van der Waals surface area contributed by atoms with Gasteiger partial charge in [0.15, 0.2) is 0 Å². The van der Waals surface area contributed by atoms with E-state index in [-0.39, 0.29) is 11.9 Å². The van der Waals surface area contributed by atoms with Gasteiger partial charge in [-0.3, -0.25) is 14.6 Å². The molecule has 5 nitrogen and oxygen atoms in total. The molecule has 0 radical (unpaired) electrons. The molecule has 3 aliphatic rings. The van der Waals surface area contributed by atoms with Crippen LogP contribution >= 0.6 is 0 Å². The van der Waals surface area contributed by atoms with E-state index in [1.807, 2.05) is 0 Å². The maximum absolute atomic E-state index is 12.2. The van der Waals surface area contributed by atoms with Gasteiger partial charge in [0.05, 0.1) is 18.2 Å². The monoisotopic (exact) mass is 323 g/mol. The zero-order chi connectivity index (χ0) is 16.4. The summed E-state index contributed by atoms with van der Waals surface area (Å²) in [7, 11) is 0. The van der Waals surface area contributed by atoms with E-state index in [1.54, 1.807) is 0 Å². The Morgan fingerprint density at radius 3 is 2.30 bits per heavy atom. The first-order valence-electron chi connectivity index (χ1n) is 9.43. The molecule has 0 aromatic heterocycles. The smallest absolute Gasteiger partial charge is 0.237 e. The molecule has 23 heavy (non-hydrogen) atoms. The average molecular weight is 323 g/mol. The van der Waals surface area contributed by atoms with Gasteiger partial charge < -0.3 is 10.1 Å². The van der Waals surface area contributed by atoms with E-state index in [0.717, 1.165) is 44.9 Å². The third-order valence-corrected chi connectivity index (χ3v) is 5.51. The van der Waals surface area contributed by atoms with Crippen LogP contribution < -0.4 is 5.32 Å². The van der Waals surface area contributed by atoms with Gasteiger partial charge in [0.2, 0.25) is 5.91 Å². The lowest BCUT2D eigenvalue weighted by Gasteiger charge is -2.40. The summed E-state index contributed by atoms with van der Waals surface area (Å²) in [6.07, 6.45) is 5.45. The van der Waals surface area contributed by atoms with E-state index in [4.69, 9.17) is 4.74 Å². The number of ether oxygens (including phenoxy) is 1. The third kappa shape index (κ3) is 4.91. The average Bonchev–Trinajstić information content (AvgIpc) is 3.30.